The number of ether oxygens (including phenoxy) is 2. The third-order valence-electron chi connectivity index (χ3n) is 4.52. The molecule has 0 fully saturated rings. The molecule has 1 amide bonds. The van der Waals surface area contributed by atoms with E-state index < -0.39 is 10.0 Å². The van der Waals surface area contributed by atoms with Crippen LogP contribution in [0, 0.1) is 5.82 Å². The molecule has 0 aliphatic heterocycles. The zero-order chi connectivity index (χ0) is 23.8. The number of anilines is 2. The van der Waals surface area contributed by atoms with E-state index in [1.165, 1.54) is 56.3 Å². The lowest BCUT2D eigenvalue weighted by Crippen LogP contribution is -2.16. The van der Waals surface area contributed by atoms with E-state index in [4.69, 9.17) is 9.47 Å². The van der Waals surface area contributed by atoms with Gasteiger partial charge in [0.05, 0.1) is 30.5 Å². The number of thioether (sulfide) groups is 1. The number of amides is 1. The van der Waals surface area contributed by atoms with Gasteiger partial charge in [-0.2, -0.15) is 0 Å². The van der Waals surface area contributed by atoms with Crippen molar-refractivity contribution in [2.45, 2.75) is 16.2 Å². The Bertz CT molecular complexity index is 1220. The first-order valence-electron chi connectivity index (χ1n) is 9.84. The molecule has 2 N–H and O–H groups in total. The maximum atomic E-state index is 13.0. The van der Waals surface area contributed by atoms with Gasteiger partial charge in [0.15, 0.2) is 0 Å². The molecule has 0 bridgehead atoms. The number of carbonyl (C=O) groups is 1. The number of hydrogen-bond acceptors (Lipinski definition) is 6. The van der Waals surface area contributed by atoms with E-state index >= 15 is 0 Å². The van der Waals surface area contributed by atoms with Gasteiger partial charge < -0.3 is 14.8 Å². The SMILES string of the molecule is COc1ccc(S(=O)(=O)Nc2ccccc2OC)cc1NC(=O)CCSc1ccc(F)cc1. The summed E-state index contributed by atoms with van der Waals surface area (Å²) in [5.74, 6) is 0.537. The highest BCUT2D eigenvalue weighted by Crippen LogP contribution is 2.31. The van der Waals surface area contributed by atoms with Crippen molar-refractivity contribution in [3.05, 3.63) is 72.5 Å². The molecule has 0 spiro atoms. The van der Waals surface area contributed by atoms with Crippen LogP contribution in [0.4, 0.5) is 15.8 Å². The highest BCUT2D eigenvalue weighted by molar-refractivity contribution is 7.99. The highest BCUT2D eigenvalue weighted by atomic mass is 32.2. The molecule has 3 aromatic carbocycles. The molecule has 0 aliphatic carbocycles. The minimum atomic E-state index is -3.96. The number of methoxy groups -OCH3 is 2. The maximum absolute atomic E-state index is 13.0. The van der Waals surface area contributed by atoms with Crippen LogP contribution in [0.3, 0.4) is 0 Å². The van der Waals surface area contributed by atoms with E-state index in [-0.39, 0.29) is 28.7 Å². The Balaban J connectivity index is 1.70. The maximum Gasteiger partial charge on any atom is 0.262 e. The molecule has 0 unspecified atom stereocenters. The molecule has 3 rings (SSSR count). The van der Waals surface area contributed by atoms with Gasteiger partial charge in [-0.05, 0) is 54.6 Å². The summed E-state index contributed by atoms with van der Waals surface area (Å²) in [5, 5.41) is 2.70. The number of para-hydroxylation sites is 2. The van der Waals surface area contributed by atoms with Crippen molar-refractivity contribution in [2.24, 2.45) is 0 Å². The molecule has 0 aliphatic rings. The summed E-state index contributed by atoms with van der Waals surface area (Å²) in [7, 11) is -1.08. The van der Waals surface area contributed by atoms with Crippen LogP contribution in [0.15, 0.2) is 76.5 Å². The highest BCUT2D eigenvalue weighted by Gasteiger charge is 2.19. The summed E-state index contributed by atoms with van der Waals surface area (Å²) in [6.45, 7) is 0. The third kappa shape index (κ3) is 6.62. The van der Waals surface area contributed by atoms with E-state index in [2.05, 4.69) is 10.0 Å². The van der Waals surface area contributed by atoms with Crippen molar-refractivity contribution in [2.75, 3.05) is 30.0 Å². The van der Waals surface area contributed by atoms with Gasteiger partial charge in [0.25, 0.3) is 10.0 Å². The monoisotopic (exact) mass is 490 g/mol. The van der Waals surface area contributed by atoms with Crippen LogP contribution in [0.25, 0.3) is 0 Å². The van der Waals surface area contributed by atoms with Crippen LogP contribution in [0.2, 0.25) is 0 Å². The van der Waals surface area contributed by atoms with E-state index in [9.17, 15) is 17.6 Å². The predicted molar refractivity (Wildman–Crippen MR) is 127 cm³/mol. The van der Waals surface area contributed by atoms with Crippen molar-refractivity contribution in [3.63, 3.8) is 0 Å². The van der Waals surface area contributed by atoms with Gasteiger partial charge in [0, 0.05) is 17.1 Å². The Labute approximate surface area is 196 Å². The average molecular weight is 491 g/mol. The Morgan fingerprint density at radius 2 is 1.61 bits per heavy atom. The molecular weight excluding hydrogens is 467 g/mol. The number of nitrogens with one attached hydrogen (secondary N) is 2. The first-order chi connectivity index (χ1) is 15.8. The van der Waals surface area contributed by atoms with Crippen LogP contribution < -0.4 is 19.5 Å². The van der Waals surface area contributed by atoms with Crippen LogP contribution in [-0.4, -0.2) is 34.3 Å². The minimum absolute atomic E-state index is 0.0507. The fraction of sp³-hybridized carbons (Fsp3) is 0.174. The van der Waals surface area contributed by atoms with Crippen molar-refractivity contribution >= 4 is 39.1 Å². The third-order valence-corrected chi connectivity index (χ3v) is 6.90. The van der Waals surface area contributed by atoms with Crippen molar-refractivity contribution < 1.29 is 27.1 Å². The number of halogens is 1. The zero-order valence-electron chi connectivity index (χ0n) is 18.0. The summed E-state index contributed by atoms with van der Waals surface area (Å²) in [6.07, 6.45) is 0.168. The zero-order valence-corrected chi connectivity index (χ0v) is 19.6. The number of rotatable bonds is 10. The second kappa shape index (κ2) is 11.1. The van der Waals surface area contributed by atoms with E-state index in [0.717, 1.165) is 4.90 Å². The van der Waals surface area contributed by atoms with Crippen LogP contribution in [0.1, 0.15) is 6.42 Å². The summed E-state index contributed by atoms with van der Waals surface area (Å²) in [5.41, 5.74) is 0.524. The Morgan fingerprint density at radius 3 is 2.30 bits per heavy atom. The van der Waals surface area contributed by atoms with Crippen molar-refractivity contribution in [1.29, 1.82) is 0 Å². The summed E-state index contributed by atoms with van der Waals surface area (Å²) in [4.78, 5) is 13.2. The molecule has 3 aromatic rings. The summed E-state index contributed by atoms with van der Waals surface area (Å²) < 4.78 is 51.8. The smallest absolute Gasteiger partial charge is 0.262 e. The summed E-state index contributed by atoms with van der Waals surface area (Å²) >= 11 is 1.41. The van der Waals surface area contributed by atoms with E-state index in [1.54, 1.807) is 36.4 Å². The fourth-order valence-electron chi connectivity index (χ4n) is 2.89. The predicted octanol–water partition coefficient (Wildman–Crippen LogP) is 4.76. The number of carbonyl (C=O) groups excluding carboxylic acids is 1. The molecule has 7 nitrogen and oxygen atoms in total. The molecular formula is C23H23FN2O5S2. The molecule has 0 saturated heterocycles. The summed E-state index contributed by atoms with van der Waals surface area (Å²) in [6, 6.07) is 16.8. The molecule has 10 heteroatoms. The normalized spacial score (nSPS) is 11.0. The Kier molecular flexibility index (Phi) is 8.18. The number of hydrogen-bond donors (Lipinski definition) is 2. The minimum Gasteiger partial charge on any atom is -0.495 e. The Hall–Kier alpha value is -3.24. The molecule has 174 valence electrons. The standard InChI is InChI=1S/C23H23FN2O5S2/c1-30-21-6-4-3-5-19(21)26-33(28,29)18-11-12-22(31-2)20(15-18)25-23(27)13-14-32-17-9-7-16(24)8-10-17/h3-12,15,26H,13-14H2,1-2H3,(H,25,27). The van der Waals surface area contributed by atoms with Crippen molar-refractivity contribution in [1.82, 2.24) is 0 Å². The van der Waals surface area contributed by atoms with Gasteiger partial charge >= 0.3 is 0 Å². The average Bonchev–Trinajstić information content (AvgIpc) is 2.80. The van der Waals surface area contributed by atoms with Gasteiger partial charge in [0.2, 0.25) is 5.91 Å². The molecule has 0 radical (unpaired) electrons. The van der Waals surface area contributed by atoms with E-state index in [0.29, 0.717) is 22.9 Å². The van der Waals surface area contributed by atoms with Crippen molar-refractivity contribution in [3.8, 4) is 11.5 Å². The van der Waals surface area contributed by atoms with Gasteiger partial charge in [-0.25, -0.2) is 12.8 Å². The van der Waals surface area contributed by atoms with Gasteiger partial charge in [-0.15, -0.1) is 11.8 Å². The topological polar surface area (TPSA) is 93.7 Å². The number of sulfonamides is 1. The second-order valence-electron chi connectivity index (χ2n) is 6.77. The first kappa shape index (κ1) is 24.4. The lowest BCUT2D eigenvalue weighted by molar-refractivity contribution is -0.115. The van der Waals surface area contributed by atoms with Crippen LogP contribution >= 0.6 is 11.8 Å². The molecule has 0 saturated carbocycles. The molecule has 0 heterocycles. The lowest BCUT2D eigenvalue weighted by Gasteiger charge is -2.14. The Morgan fingerprint density at radius 1 is 0.939 bits per heavy atom. The second-order valence-corrected chi connectivity index (χ2v) is 9.62. The van der Waals surface area contributed by atoms with Gasteiger partial charge in [-0.3, -0.25) is 9.52 Å². The lowest BCUT2D eigenvalue weighted by atomic mass is 10.3. The quantitative estimate of drug-likeness (QED) is 0.398. The van der Waals surface area contributed by atoms with Crippen LogP contribution in [-0.2, 0) is 14.8 Å². The molecule has 0 aromatic heterocycles. The van der Waals surface area contributed by atoms with Crippen LogP contribution in [0.5, 0.6) is 11.5 Å². The van der Waals surface area contributed by atoms with Gasteiger partial charge in [-0.1, -0.05) is 12.1 Å². The van der Waals surface area contributed by atoms with E-state index in [1.807, 2.05) is 0 Å². The molecule has 33 heavy (non-hydrogen) atoms. The fourth-order valence-corrected chi connectivity index (χ4v) is 4.84. The molecule has 0 atom stereocenters. The number of benzene rings is 3. The first-order valence-corrected chi connectivity index (χ1v) is 12.3. The largest absolute Gasteiger partial charge is 0.495 e. The van der Waals surface area contributed by atoms with Gasteiger partial charge in [0.1, 0.15) is 17.3 Å².